The third-order valence-corrected chi connectivity index (χ3v) is 10.8. The molecule has 0 aromatic carbocycles. The minimum Gasteiger partial charge on any atom is -0.544 e. The van der Waals surface area contributed by atoms with Crippen molar-refractivity contribution in [2.45, 2.75) is 206 Å². The molecule has 0 amide bonds. The number of carboxylic acids is 1. The highest BCUT2D eigenvalue weighted by Crippen LogP contribution is 2.13. The van der Waals surface area contributed by atoms with E-state index >= 15 is 0 Å². The zero-order valence-corrected chi connectivity index (χ0v) is 41.0. The zero-order valence-electron chi connectivity index (χ0n) is 41.0. The molecule has 360 valence electrons. The lowest BCUT2D eigenvalue weighted by molar-refractivity contribution is -0.889. The number of carboxylic acid groups (broad SMARTS) is 1. The van der Waals surface area contributed by atoms with Gasteiger partial charge in [-0.3, -0.25) is 9.59 Å². The van der Waals surface area contributed by atoms with Crippen LogP contribution in [0.4, 0.5) is 0 Å². The van der Waals surface area contributed by atoms with Gasteiger partial charge in [-0.25, -0.2) is 0 Å². The van der Waals surface area contributed by atoms with Crippen molar-refractivity contribution in [1.29, 1.82) is 0 Å². The van der Waals surface area contributed by atoms with E-state index in [4.69, 9.17) is 14.2 Å². The number of allylic oxidation sites excluding steroid dienone is 14. The molecule has 0 aliphatic rings. The number of hydrogen-bond donors (Lipinski definition) is 0. The number of ether oxygens (including phenoxy) is 3. The predicted molar refractivity (Wildman–Crippen MR) is 263 cm³/mol. The highest BCUT2D eigenvalue weighted by Gasteiger charge is 2.25. The molecule has 8 heteroatoms. The van der Waals surface area contributed by atoms with Crippen LogP contribution < -0.4 is 5.11 Å². The van der Waals surface area contributed by atoms with Gasteiger partial charge >= 0.3 is 11.9 Å². The van der Waals surface area contributed by atoms with Crippen LogP contribution in [-0.2, 0) is 28.6 Å². The van der Waals surface area contributed by atoms with Crippen molar-refractivity contribution in [2.24, 2.45) is 0 Å². The number of hydrogen-bond acceptors (Lipinski definition) is 7. The molecule has 0 aliphatic heterocycles. The second-order valence-corrected chi connectivity index (χ2v) is 17.7. The molecule has 63 heavy (non-hydrogen) atoms. The van der Waals surface area contributed by atoms with Gasteiger partial charge in [0.05, 0.1) is 40.3 Å². The Morgan fingerprint density at radius 3 is 1.37 bits per heavy atom. The van der Waals surface area contributed by atoms with Crippen molar-refractivity contribution < 1.29 is 38.2 Å². The Kier molecular flexibility index (Phi) is 42.6. The zero-order chi connectivity index (χ0) is 46.3. The molecule has 2 atom stereocenters. The van der Waals surface area contributed by atoms with E-state index in [1.54, 1.807) is 21.1 Å². The van der Waals surface area contributed by atoms with Gasteiger partial charge in [0.2, 0.25) is 0 Å². The van der Waals surface area contributed by atoms with E-state index < -0.39 is 18.1 Å². The third-order valence-electron chi connectivity index (χ3n) is 10.8. The standard InChI is InChI=1S/C55H93NO7/c1-6-8-10-12-14-16-18-20-22-24-26-27-28-30-31-33-35-37-39-41-43-45-53(57)62-50-51(49-61-48-47-52(55(59)60)56(3,4)5)63-54(58)46-44-42-40-38-36-34-32-29-25-23-21-19-17-15-13-11-9-7-2/h8,10,14,16,20,22,26-27,29-32,35,37,51-52H,6-7,9,11-13,15,17-19,21,23-25,28,33-34,36,38-50H2,1-5H3/b10-8+,16-14+,22-20+,27-26+,31-30+,32-29+,37-35+. The van der Waals surface area contributed by atoms with Crippen LogP contribution in [0.2, 0.25) is 0 Å². The van der Waals surface area contributed by atoms with Crippen molar-refractivity contribution in [3.63, 3.8) is 0 Å². The second-order valence-electron chi connectivity index (χ2n) is 17.7. The maximum Gasteiger partial charge on any atom is 0.306 e. The number of rotatable bonds is 44. The highest BCUT2D eigenvalue weighted by molar-refractivity contribution is 5.70. The molecule has 2 unspecified atom stereocenters. The Morgan fingerprint density at radius 1 is 0.492 bits per heavy atom. The third kappa shape index (κ3) is 43.5. The number of esters is 2. The molecule has 0 N–H and O–H groups in total. The summed E-state index contributed by atoms with van der Waals surface area (Å²) < 4.78 is 17.2. The van der Waals surface area contributed by atoms with E-state index in [0.29, 0.717) is 12.8 Å². The molecule has 0 bridgehead atoms. The number of carbonyl (C=O) groups is 3. The summed E-state index contributed by atoms with van der Waals surface area (Å²) in [4.78, 5) is 37.0. The molecular formula is C55H93NO7. The van der Waals surface area contributed by atoms with E-state index in [-0.39, 0.29) is 49.1 Å². The number of aliphatic carboxylic acids is 1. The summed E-state index contributed by atoms with van der Waals surface area (Å²) >= 11 is 0. The quantitative estimate of drug-likeness (QED) is 0.0260. The van der Waals surface area contributed by atoms with Gasteiger partial charge in [0.1, 0.15) is 12.6 Å². The first-order valence-corrected chi connectivity index (χ1v) is 25.1. The molecule has 0 saturated carbocycles. The lowest BCUT2D eigenvalue weighted by atomic mass is 10.1. The molecule has 8 nitrogen and oxygen atoms in total. The van der Waals surface area contributed by atoms with Crippen LogP contribution in [-0.4, -0.2) is 75.5 Å². The Morgan fingerprint density at radius 2 is 0.889 bits per heavy atom. The number of likely N-dealkylation sites (N-methyl/N-ethyl adjacent to an activating group) is 1. The lowest BCUT2D eigenvalue weighted by Crippen LogP contribution is -2.55. The van der Waals surface area contributed by atoms with Crippen LogP contribution in [0.5, 0.6) is 0 Å². The monoisotopic (exact) mass is 880 g/mol. The van der Waals surface area contributed by atoms with E-state index in [2.05, 4.69) is 98.9 Å². The van der Waals surface area contributed by atoms with Gasteiger partial charge in [0, 0.05) is 19.3 Å². The topological polar surface area (TPSA) is 102 Å². The number of unbranched alkanes of at least 4 members (excludes halogenated alkanes) is 16. The molecule has 0 saturated heterocycles. The SMILES string of the molecule is CC/C=C/C/C=C/C/C=C/C/C=C/C/C=C/C/C=C/CCCCC(=O)OCC(COCCC(C(=O)[O-])[N+](C)(C)C)OC(=O)CCCCCCC/C=C/CCCCCCCCCCC. The van der Waals surface area contributed by atoms with Crippen molar-refractivity contribution in [1.82, 2.24) is 0 Å². The average molecular weight is 880 g/mol. The van der Waals surface area contributed by atoms with E-state index in [9.17, 15) is 19.5 Å². The Balaban J connectivity index is 4.38. The molecule has 0 fully saturated rings. The van der Waals surface area contributed by atoms with Gasteiger partial charge in [-0.1, -0.05) is 170 Å². The Labute approximate surface area is 386 Å². The van der Waals surface area contributed by atoms with Gasteiger partial charge < -0.3 is 28.6 Å². The summed E-state index contributed by atoms with van der Waals surface area (Å²) in [5, 5.41) is 11.7. The number of quaternary nitrogens is 1. The minimum atomic E-state index is -1.13. The molecular weight excluding hydrogens is 787 g/mol. The second kappa shape index (κ2) is 45.1. The van der Waals surface area contributed by atoms with Crippen LogP contribution in [0.3, 0.4) is 0 Å². The minimum absolute atomic E-state index is 0.0191. The van der Waals surface area contributed by atoms with Crippen molar-refractivity contribution >= 4 is 17.9 Å². The summed E-state index contributed by atoms with van der Waals surface area (Å²) in [7, 11) is 5.39. The van der Waals surface area contributed by atoms with Crippen LogP contribution in [0.15, 0.2) is 85.1 Å². The number of nitrogens with zero attached hydrogens (tertiary/aromatic N) is 1. The fourth-order valence-electron chi connectivity index (χ4n) is 6.89. The number of carbonyl (C=O) groups excluding carboxylic acids is 3. The summed E-state index contributed by atoms with van der Waals surface area (Å²) in [5.41, 5.74) is 0. The van der Waals surface area contributed by atoms with Crippen molar-refractivity contribution in [3.8, 4) is 0 Å². The van der Waals surface area contributed by atoms with Gasteiger partial charge in [-0.05, 0) is 89.9 Å². The van der Waals surface area contributed by atoms with E-state index in [1.807, 2.05) is 0 Å². The largest absolute Gasteiger partial charge is 0.544 e. The maximum atomic E-state index is 12.8. The van der Waals surface area contributed by atoms with Gasteiger partial charge in [0.15, 0.2) is 6.10 Å². The molecule has 0 aromatic rings. The molecule has 0 aromatic heterocycles. The highest BCUT2D eigenvalue weighted by atomic mass is 16.6. The summed E-state index contributed by atoms with van der Waals surface area (Å²) in [6.45, 7) is 4.49. The summed E-state index contributed by atoms with van der Waals surface area (Å²) in [6.07, 6.45) is 59.0. The molecule has 0 rings (SSSR count). The molecule has 0 heterocycles. The molecule has 0 spiro atoms. The van der Waals surface area contributed by atoms with Crippen molar-refractivity contribution in [2.75, 3.05) is 41.0 Å². The maximum absolute atomic E-state index is 12.8. The van der Waals surface area contributed by atoms with Crippen LogP contribution >= 0.6 is 0 Å². The first-order valence-electron chi connectivity index (χ1n) is 25.1. The van der Waals surface area contributed by atoms with Gasteiger partial charge in [0.25, 0.3) is 0 Å². The molecule has 0 radical (unpaired) electrons. The van der Waals surface area contributed by atoms with Crippen LogP contribution in [0.25, 0.3) is 0 Å². The predicted octanol–water partition coefficient (Wildman–Crippen LogP) is 13.1. The smallest absolute Gasteiger partial charge is 0.306 e. The Bertz CT molecular complexity index is 1300. The first-order chi connectivity index (χ1) is 30.6. The lowest BCUT2D eigenvalue weighted by Gasteiger charge is -2.34. The fourth-order valence-corrected chi connectivity index (χ4v) is 6.89. The van der Waals surface area contributed by atoms with Gasteiger partial charge in [-0.2, -0.15) is 0 Å². The van der Waals surface area contributed by atoms with E-state index in [0.717, 1.165) is 83.5 Å². The van der Waals surface area contributed by atoms with E-state index in [1.165, 1.54) is 70.6 Å². The Hall–Kier alpha value is -3.49. The summed E-state index contributed by atoms with van der Waals surface area (Å²) in [6, 6.07) is -0.739. The van der Waals surface area contributed by atoms with Crippen LogP contribution in [0.1, 0.15) is 194 Å². The van der Waals surface area contributed by atoms with Crippen LogP contribution in [0, 0.1) is 0 Å². The fraction of sp³-hybridized carbons (Fsp3) is 0.691. The molecule has 0 aliphatic carbocycles. The van der Waals surface area contributed by atoms with Crippen molar-refractivity contribution in [3.05, 3.63) is 85.1 Å². The average Bonchev–Trinajstić information content (AvgIpc) is 3.24. The first kappa shape index (κ1) is 59.5. The van der Waals surface area contributed by atoms with Gasteiger partial charge in [-0.15, -0.1) is 0 Å². The summed E-state index contributed by atoms with van der Waals surface area (Å²) in [5.74, 6) is -1.81. The normalized spacial score (nSPS) is 13.6.